The molecule has 1 aliphatic rings. The highest BCUT2D eigenvalue weighted by atomic mass is 16.5. The zero-order valence-electron chi connectivity index (χ0n) is 14.8. The molecular formula is C17H31NO4. The topological polar surface area (TPSA) is 59.0 Å². The number of likely N-dealkylation sites (tertiary alicyclic amines) is 1. The Labute approximate surface area is 134 Å². The van der Waals surface area contributed by atoms with Crippen LogP contribution in [0.2, 0.25) is 0 Å². The molecule has 1 fully saturated rings. The third-order valence-corrected chi connectivity index (χ3v) is 4.52. The van der Waals surface area contributed by atoms with Gasteiger partial charge in [-0.3, -0.25) is 4.90 Å². The fourth-order valence-corrected chi connectivity index (χ4v) is 3.06. The minimum Gasteiger partial charge on any atom is -0.460 e. The summed E-state index contributed by atoms with van der Waals surface area (Å²) in [5.74, 6) is -0.442. The lowest BCUT2D eigenvalue weighted by molar-refractivity contribution is -0.144. The molecule has 1 atom stereocenters. The van der Waals surface area contributed by atoms with E-state index in [0.717, 1.165) is 12.8 Å². The normalized spacial score (nSPS) is 23.6. The van der Waals surface area contributed by atoms with Crippen molar-refractivity contribution in [3.05, 3.63) is 12.2 Å². The molecule has 0 amide bonds. The van der Waals surface area contributed by atoms with Gasteiger partial charge in [-0.15, -0.1) is 0 Å². The van der Waals surface area contributed by atoms with Gasteiger partial charge in [0.2, 0.25) is 0 Å². The van der Waals surface area contributed by atoms with Crippen molar-refractivity contribution < 1.29 is 19.4 Å². The number of aliphatic hydroxyl groups excluding tert-OH is 1. The molecule has 0 aliphatic carbocycles. The van der Waals surface area contributed by atoms with Crippen LogP contribution in [0, 0.1) is 0 Å². The quantitative estimate of drug-likeness (QED) is 0.601. The Morgan fingerprint density at radius 2 is 1.82 bits per heavy atom. The van der Waals surface area contributed by atoms with Crippen molar-refractivity contribution in [2.24, 2.45) is 0 Å². The molecule has 0 saturated carbocycles. The first kappa shape index (κ1) is 19.1. The summed E-state index contributed by atoms with van der Waals surface area (Å²) in [6.45, 7) is 10.7. The van der Waals surface area contributed by atoms with E-state index in [1.807, 2.05) is 0 Å². The number of hydrogen-bond donors (Lipinski definition) is 1. The second-order valence-electron chi connectivity index (χ2n) is 7.33. The van der Waals surface area contributed by atoms with Gasteiger partial charge >= 0.3 is 5.97 Å². The molecule has 0 aromatic rings. The number of hydrogen-bond acceptors (Lipinski definition) is 5. The number of nitrogens with zero attached hydrogens (tertiary/aromatic N) is 1. The Morgan fingerprint density at radius 1 is 1.27 bits per heavy atom. The summed E-state index contributed by atoms with van der Waals surface area (Å²) >= 11 is 0. The molecule has 128 valence electrons. The lowest BCUT2D eigenvalue weighted by Crippen LogP contribution is -2.60. The van der Waals surface area contributed by atoms with Crippen molar-refractivity contribution >= 4 is 5.97 Å². The van der Waals surface area contributed by atoms with Gasteiger partial charge in [-0.1, -0.05) is 6.08 Å². The Balaban J connectivity index is 2.43. The van der Waals surface area contributed by atoms with Gasteiger partial charge < -0.3 is 14.6 Å². The van der Waals surface area contributed by atoms with Crippen molar-refractivity contribution in [2.45, 2.75) is 70.7 Å². The molecule has 0 radical (unpaired) electrons. The molecule has 5 nitrogen and oxygen atoms in total. The van der Waals surface area contributed by atoms with E-state index in [2.05, 4.69) is 39.6 Å². The summed E-state index contributed by atoms with van der Waals surface area (Å²) in [4.78, 5) is 13.6. The number of esters is 1. The average Bonchev–Trinajstić information content (AvgIpc) is 2.40. The molecule has 0 aromatic heterocycles. The molecule has 1 heterocycles. The number of carbonyl (C=O) groups excluding carboxylic acids is 1. The largest absolute Gasteiger partial charge is 0.460 e. The van der Waals surface area contributed by atoms with Crippen LogP contribution >= 0.6 is 0 Å². The Kier molecular flexibility index (Phi) is 6.59. The molecule has 0 aromatic carbocycles. The van der Waals surface area contributed by atoms with Crippen LogP contribution < -0.4 is 0 Å². The summed E-state index contributed by atoms with van der Waals surface area (Å²) in [5, 5.41) is 9.87. The number of allylic oxidation sites excluding steroid dienone is 1. The number of rotatable bonds is 6. The number of piperidine rings is 1. The maximum absolute atomic E-state index is 11.2. The number of aliphatic hydroxyl groups is 1. The zero-order valence-corrected chi connectivity index (χ0v) is 14.8. The van der Waals surface area contributed by atoms with Crippen LogP contribution in [-0.2, 0) is 14.3 Å². The third-order valence-electron chi connectivity index (χ3n) is 4.52. The van der Waals surface area contributed by atoms with Crippen LogP contribution in [0.3, 0.4) is 0 Å². The second-order valence-corrected chi connectivity index (χ2v) is 7.33. The summed E-state index contributed by atoms with van der Waals surface area (Å²) in [6.07, 6.45) is 4.07. The molecule has 1 saturated heterocycles. The smallest absolute Gasteiger partial charge is 0.330 e. The lowest BCUT2D eigenvalue weighted by atomic mass is 9.79. The molecule has 5 heteroatoms. The van der Waals surface area contributed by atoms with Gasteiger partial charge in [-0.05, 0) is 54.5 Å². The monoisotopic (exact) mass is 313 g/mol. The lowest BCUT2D eigenvalue weighted by Gasteiger charge is -2.53. The Hall–Kier alpha value is -0.910. The second kappa shape index (κ2) is 7.57. The van der Waals surface area contributed by atoms with E-state index in [0.29, 0.717) is 0 Å². The van der Waals surface area contributed by atoms with Crippen molar-refractivity contribution in [3.8, 4) is 0 Å². The minimum atomic E-state index is -0.792. The highest BCUT2D eigenvalue weighted by Crippen LogP contribution is 2.38. The van der Waals surface area contributed by atoms with E-state index >= 15 is 0 Å². The van der Waals surface area contributed by atoms with E-state index in [1.54, 1.807) is 13.0 Å². The predicted octanol–water partition coefficient (Wildman–Crippen LogP) is 2.13. The summed E-state index contributed by atoms with van der Waals surface area (Å²) in [5.41, 5.74) is 0.103. The van der Waals surface area contributed by atoms with E-state index in [9.17, 15) is 9.90 Å². The average molecular weight is 313 g/mol. The minimum absolute atomic E-state index is 0.0391. The van der Waals surface area contributed by atoms with Crippen LogP contribution in [0.1, 0.15) is 47.5 Å². The Bertz CT molecular complexity index is 385. The molecule has 1 unspecified atom stereocenters. The number of carbonyl (C=O) groups is 1. The summed E-state index contributed by atoms with van der Waals surface area (Å²) in [7, 11) is 2.14. The van der Waals surface area contributed by atoms with Crippen molar-refractivity contribution in [1.29, 1.82) is 0 Å². The maximum Gasteiger partial charge on any atom is 0.330 e. The van der Waals surface area contributed by atoms with Crippen LogP contribution in [0.25, 0.3) is 0 Å². The molecule has 1 N–H and O–H groups in total. The van der Waals surface area contributed by atoms with Crippen LogP contribution in [0.15, 0.2) is 12.2 Å². The van der Waals surface area contributed by atoms with Crippen LogP contribution in [-0.4, -0.2) is 59.5 Å². The fourth-order valence-electron chi connectivity index (χ4n) is 3.06. The zero-order chi connectivity index (χ0) is 17.0. The maximum atomic E-state index is 11.2. The molecule has 0 bridgehead atoms. The van der Waals surface area contributed by atoms with Gasteiger partial charge in [0.25, 0.3) is 0 Å². The van der Waals surface area contributed by atoms with E-state index in [1.165, 1.54) is 6.08 Å². The first-order chi connectivity index (χ1) is 10.1. The first-order valence-corrected chi connectivity index (χ1v) is 7.91. The van der Waals surface area contributed by atoms with Gasteiger partial charge in [0, 0.05) is 17.2 Å². The van der Waals surface area contributed by atoms with Crippen molar-refractivity contribution in [3.63, 3.8) is 0 Å². The van der Waals surface area contributed by atoms with E-state index in [-0.39, 0.29) is 30.4 Å². The highest BCUT2D eigenvalue weighted by Gasteiger charge is 2.43. The van der Waals surface area contributed by atoms with Gasteiger partial charge in [-0.25, -0.2) is 4.79 Å². The summed E-state index contributed by atoms with van der Waals surface area (Å²) in [6, 6.07) is 0. The van der Waals surface area contributed by atoms with E-state index < -0.39 is 12.1 Å². The van der Waals surface area contributed by atoms with Crippen molar-refractivity contribution in [1.82, 2.24) is 4.90 Å². The van der Waals surface area contributed by atoms with Gasteiger partial charge in [0.05, 0.1) is 12.7 Å². The summed E-state index contributed by atoms with van der Waals surface area (Å²) < 4.78 is 10.8. The molecule has 1 aliphatic heterocycles. The van der Waals surface area contributed by atoms with Crippen LogP contribution in [0.4, 0.5) is 0 Å². The SMILES string of the molecule is CC=CC(=O)OCC(O)COC1CC(C)(C)N(C)C(C)(C)C1. The number of ether oxygens (including phenoxy) is 2. The molecular weight excluding hydrogens is 282 g/mol. The fraction of sp³-hybridized carbons (Fsp3) is 0.824. The molecule has 22 heavy (non-hydrogen) atoms. The van der Waals surface area contributed by atoms with Gasteiger partial charge in [0.1, 0.15) is 12.7 Å². The first-order valence-electron chi connectivity index (χ1n) is 7.91. The predicted molar refractivity (Wildman–Crippen MR) is 86.7 cm³/mol. The highest BCUT2D eigenvalue weighted by molar-refractivity contribution is 5.81. The van der Waals surface area contributed by atoms with Crippen LogP contribution in [0.5, 0.6) is 0 Å². The molecule has 1 rings (SSSR count). The molecule has 0 spiro atoms. The van der Waals surface area contributed by atoms with Gasteiger partial charge in [0.15, 0.2) is 0 Å². The van der Waals surface area contributed by atoms with E-state index in [4.69, 9.17) is 9.47 Å². The van der Waals surface area contributed by atoms with Gasteiger partial charge in [-0.2, -0.15) is 0 Å². The third kappa shape index (κ3) is 5.38. The Morgan fingerprint density at radius 3 is 2.32 bits per heavy atom. The van der Waals surface area contributed by atoms with Crippen molar-refractivity contribution in [2.75, 3.05) is 20.3 Å². The standard InChI is InChI=1S/C17H31NO4/c1-7-8-15(20)22-12-13(19)11-21-14-9-16(2,3)18(6)17(4,5)10-14/h7-8,13-14,19H,9-12H2,1-6H3.